The minimum absolute atomic E-state index is 0.272. The van der Waals surface area contributed by atoms with Crippen molar-refractivity contribution >= 4 is 5.91 Å². The molecule has 1 amide bonds. The molecule has 1 heterocycles. The lowest BCUT2D eigenvalue weighted by Gasteiger charge is -2.32. The van der Waals surface area contributed by atoms with Crippen molar-refractivity contribution < 1.29 is 4.79 Å². The Labute approximate surface area is 110 Å². The molecular formula is C15H26N2O. The van der Waals surface area contributed by atoms with Gasteiger partial charge in [-0.15, -0.1) is 0 Å². The maximum absolute atomic E-state index is 12.6. The molecule has 0 radical (unpaired) electrons. The van der Waals surface area contributed by atoms with Crippen LogP contribution in [-0.4, -0.2) is 36.0 Å². The van der Waals surface area contributed by atoms with Gasteiger partial charge in [0.25, 0.3) is 0 Å². The van der Waals surface area contributed by atoms with Crippen LogP contribution in [0.5, 0.6) is 0 Å². The zero-order valence-electron chi connectivity index (χ0n) is 11.5. The highest BCUT2D eigenvalue weighted by Gasteiger charge is 2.40. The number of hydrogen-bond donors (Lipinski definition) is 1. The molecule has 3 rings (SSSR count). The van der Waals surface area contributed by atoms with Crippen LogP contribution in [-0.2, 0) is 4.79 Å². The highest BCUT2D eigenvalue weighted by molar-refractivity contribution is 5.79. The molecule has 1 N–H and O–H groups in total. The number of nitrogens with zero attached hydrogens (tertiary/aromatic N) is 1. The zero-order chi connectivity index (χ0) is 12.5. The van der Waals surface area contributed by atoms with Gasteiger partial charge >= 0.3 is 0 Å². The van der Waals surface area contributed by atoms with E-state index in [0.29, 0.717) is 23.9 Å². The fourth-order valence-electron chi connectivity index (χ4n) is 3.18. The standard InChI is InChI=1S/C15H26N2O/c1-11(12-5-6-12)15(18)17(14-7-8-14)10-13-4-2-3-9-16-13/h11-14,16H,2-10H2,1H3. The van der Waals surface area contributed by atoms with Crippen LogP contribution >= 0.6 is 0 Å². The van der Waals surface area contributed by atoms with Crippen molar-refractivity contribution in [3.8, 4) is 0 Å². The maximum atomic E-state index is 12.6. The van der Waals surface area contributed by atoms with E-state index in [1.54, 1.807) is 0 Å². The molecule has 18 heavy (non-hydrogen) atoms. The molecule has 2 aliphatic carbocycles. The first-order valence-corrected chi connectivity index (χ1v) is 7.79. The number of piperidine rings is 1. The first-order chi connectivity index (χ1) is 8.75. The summed E-state index contributed by atoms with van der Waals surface area (Å²) in [7, 11) is 0. The summed E-state index contributed by atoms with van der Waals surface area (Å²) in [5.41, 5.74) is 0. The highest BCUT2D eigenvalue weighted by Crippen LogP contribution is 2.39. The summed E-state index contributed by atoms with van der Waals surface area (Å²) in [6, 6.07) is 1.12. The van der Waals surface area contributed by atoms with Crippen LogP contribution in [0.2, 0.25) is 0 Å². The van der Waals surface area contributed by atoms with Gasteiger partial charge < -0.3 is 10.2 Å². The summed E-state index contributed by atoms with van der Waals surface area (Å²) < 4.78 is 0. The summed E-state index contributed by atoms with van der Waals surface area (Å²) >= 11 is 0. The molecule has 0 aromatic rings. The van der Waals surface area contributed by atoms with E-state index in [4.69, 9.17) is 0 Å². The summed E-state index contributed by atoms with van der Waals surface area (Å²) in [6.45, 7) is 4.24. The summed E-state index contributed by atoms with van der Waals surface area (Å²) in [5, 5.41) is 3.58. The first-order valence-electron chi connectivity index (χ1n) is 7.79. The Bertz CT molecular complexity index is 304. The van der Waals surface area contributed by atoms with Gasteiger partial charge in [-0.25, -0.2) is 0 Å². The molecule has 3 fully saturated rings. The van der Waals surface area contributed by atoms with Crippen molar-refractivity contribution in [3.05, 3.63) is 0 Å². The Balaban J connectivity index is 1.58. The Kier molecular flexibility index (Phi) is 3.60. The highest BCUT2D eigenvalue weighted by atomic mass is 16.2. The van der Waals surface area contributed by atoms with Gasteiger partial charge in [0.15, 0.2) is 0 Å². The quantitative estimate of drug-likeness (QED) is 0.811. The van der Waals surface area contributed by atoms with E-state index in [9.17, 15) is 4.79 Å². The molecule has 0 aromatic carbocycles. The predicted octanol–water partition coefficient (Wildman–Crippen LogP) is 2.17. The Morgan fingerprint density at radius 2 is 2.00 bits per heavy atom. The number of rotatable bonds is 5. The molecule has 0 bridgehead atoms. The molecule has 1 saturated heterocycles. The molecule has 2 unspecified atom stereocenters. The molecule has 3 aliphatic rings. The summed E-state index contributed by atoms with van der Waals surface area (Å²) in [6.07, 6.45) is 8.87. The van der Waals surface area contributed by atoms with Crippen LogP contribution in [0, 0.1) is 11.8 Å². The van der Waals surface area contributed by atoms with E-state index >= 15 is 0 Å². The molecule has 3 nitrogen and oxygen atoms in total. The fourth-order valence-corrected chi connectivity index (χ4v) is 3.18. The lowest BCUT2D eigenvalue weighted by molar-refractivity contribution is -0.136. The lowest BCUT2D eigenvalue weighted by atomic mass is 10.0. The lowest BCUT2D eigenvalue weighted by Crippen LogP contribution is -2.48. The number of carbonyl (C=O) groups excluding carboxylic acids is 1. The normalized spacial score (nSPS) is 29.9. The maximum Gasteiger partial charge on any atom is 0.225 e. The smallest absolute Gasteiger partial charge is 0.225 e. The van der Waals surface area contributed by atoms with Crippen molar-refractivity contribution in [1.29, 1.82) is 0 Å². The molecular weight excluding hydrogens is 224 g/mol. The van der Waals surface area contributed by atoms with Crippen molar-refractivity contribution in [2.45, 2.75) is 64.0 Å². The van der Waals surface area contributed by atoms with Gasteiger partial charge in [-0.05, 0) is 51.0 Å². The number of carbonyl (C=O) groups is 1. The second-order valence-corrected chi connectivity index (χ2v) is 6.49. The van der Waals surface area contributed by atoms with Crippen molar-refractivity contribution in [2.75, 3.05) is 13.1 Å². The predicted molar refractivity (Wildman–Crippen MR) is 72.3 cm³/mol. The van der Waals surface area contributed by atoms with Crippen LogP contribution < -0.4 is 5.32 Å². The van der Waals surface area contributed by atoms with E-state index in [1.807, 2.05) is 0 Å². The van der Waals surface area contributed by atoms with E-state index in [0.717, 1.165) is 13.1 Å². The SMILES string of the molecule is CC(C(=O)N(CC1CCCCN1)C1CC1)C1CC1. The molecule has 0 spiro atoms. The van der Waals surface area contributed by atoms with Crippen LogP contribution in [0.3, 0.4) is 0 Å². The summed E-state index contributed by atoms with van der Waals surface area (Å²) in [4.78, 5) is 14.8. The molecule has 0 aromatic heterocycles. The third-order valence-electron chi connectivity index (χ3n) is 4.82. The largest absolute Gasteiger partial charge is 0.338 e. The summed E-state index contributed by atoms with van der Waals surface area (Å²) in [5.74, 6) is 1.40. The third kappa shape index (κ3) is 2.87. The number of amides is 1. The molecule has 102 valence electrons. The molecule has 3 heteroatoms. The van der Waals surface area contributed by atoms with Gasteiger partial charge in [-0.1, -0.05) is 13.3 Å². The second kappa shape index (κ2) is 5.20. The van der Waals surface area contributed by atoms with Gasteiger partial charge in [-0.2, -0.15) is 0 Å². The minimum atomic E-state index is 0.272. The van der Waals surface area contributed by atoms with Gasteiger partial charge in [-0.3, -0.25) is 4.79 Å². The molecule has 1 aliphatic heterocycles. The van der Waals surface area contributed by atoms with Crippen LogP contribution in [0.4, 0.5) is 0 Å². The Hall–Kier alpha value is -0.570. The van der Waals surface area contributed by atoms with Gasteiger partial charge in [0.05, 0.1) is 0 Å². The Morgan fingerprint density at radius 1 is 1.22 bits per heavy atom. The van der Waals surface area contributed by atoms with Crippen molar-refractivity contribution in [2.24, 2.45) is 11.8 Å². The van der Waals surface area contributed by atoms with Gasteiger partial charge in [0.2, 0.25) is 5.91 Å². The topological polar surface area (TPSA) is 32.3 Å². The van der Waals surface area contributed by atoms with E-state index in [2.05, 4.69) is 17.1 Å². The zero-order valence-corrected chi connectivity index (χ0v) is 11.5. The third-order valence-corrected chi connectivity index (χ3v) is 4.82. The van der Waals surface area contributed by atoms with Gasteiger partial charge in [0.1, 0.15) is 0 Å². The average Bonchev–Trinajstić information content (AvgIpc) is 3.28. The first kappa shape index (κ1) is 12.5. The van der Waals surface area contributed by atoms with Gasteiger partial charge in [0, 0.05) is 24.5 Å². The van der Waals surface area contributed by atoms with Crippen LogP contribution in [0.25, 0.3) is 0 Å². The number of nitrogens with one attached hydrogen (secondary N) is 1. The minimum Gasteiger partial charge on any atom is -0.338 e. The van der Waals surface area contributed by atoms with E-state index < -0.39 is 0 Å². The van der Waals surface area contributed by atoms with Crippen molar-refractivity contribution in [3.63, 3.8) is 0 Å². The molecule has 2 saturated carbocycles. The van der Waals surface area contributed by atoms with E-state index in [1.165, 1.54) is 44.9 Å². The Morgan fingerprint density at radius 3 is 2.56 bits per heavy atom. The monoisotopic (exact) mass is 250 g/mol. The average molecular weight is 250 g/mol. The molecule has 2 atom stereocenters. The van der Waals surface area contributed by atoms with Crippen molar-refractivity contribution in [1.82, 2.24) is 10.2 Å². The van der Waals surface area contributed by atoms with E-state index in [-0.39, 0.29) is 5.92 Å². The number of hydrogen-bond acceptors (Lipinski definition) is 2. The van der Waals surface area contributed by atoms with Crippen LogP contribution in [0.15, 0.2) is 0 Å². The second-order valence-electron chi connectivity index (χ2n) is 6.49. The fraction of sp³-hybridized carbons (Fsp3) is 0.933. The van der Waals surface area contributed by atoms with Crippen LogP contribution in [0.1, 0.15) is 51.9 Å².